The highest BCUT2D eigenvalue weighted by Gasteiger charge is 2.10. The van der Waals surface area contributed by atoms with E-state index in [1.807, 2.05) is 11.8 Å². The maximum absolute atomic E-state index is 11.2. The van der Waals surface area contributed by atoms with Crippen molar-refractivity contribution in [2.45, 2.75) is 0 Å². The average Bonchev–Trinajstić information content (AvgIpc) is 2.36. The molecule has 0 aliphatic carbocycles. The summed E-state index contributed by atoms with van der Waals surface area (Å²) in [6, 6.07) is 0. The van der Waals surface area contributed by atoms with E-state index >= 15 is 0 Å². The van der Waals surface area contributed by atoms with E-state index in [0.29, 0.717) is 5.82 Å². The van der Waals surface area contributed by atoms with Crippen LogP contribution in [-0.2, 0) is 0 Å². The molecule has 0 atom stereocenters. The van der Waals surface area contributed by atoms with Crippen LogP contribution in [0.1, 0.15) is 0 Å². The normalized spacial score (nSPS) is 16.9. The lowest BCUT2D eigenvalue weighted by Crippen LogP contribution is -2.36. The third-order valence-corrected chi connectivity index (χ3v) is 3.66. The fourth-order valence-electron chi connectivity index (χ4n) is 1.71. The first-order chi connectivity index (χ1) is 8.27. The molecular formula is C10H17N5OS. The Morgan fingerprint density at radius 1 is 1.53 bits per heavy atom. The van der Waals surface area contributed by atoms with Gasteiger partial charge in [0.2, 0.25) is 0 Å². The summed E-state index contributed by atoms with van der Waals surface area (Å²) in [5, 5.41) is 3.10. The molecule has 17 heavy (non-hydrogen) atoms. The predicted molar refractivity (Wildman–Crippen MR) is 71.5 cm³/mol. The quantitative estimate of drug-likeness (QED) is 0.691. The Morgan fingerprint density at radius 3 is 3.06 bits per heavy atom. The molecule has 1 saturated heterocycles. The molecule has 4 N–H and O–H groups in total. The maximum atomic E-state index is 11.2. The molecule has 0 amide bonds. The monoisotopic (exact) mass is 255 g/mol. The van der Waals surface area contributed by atoms with Crippen LogP contribution in [0.15, 0.2) is 11.1 Å². The summed E-state index contributed by atoms with van der Waals surface area (Å²) in [4.78, 5) is 20.1. The fraction of sp³-hybridized carbons (Fsp3) is 0.600. The molecule has 6 nitrogen and oxygen atoms in total. The molecule has 0 aromatic carbocycles. The summed E-state index contributed by atoms with van der Waals surface area (Å²) >= 11 is 1.99. The number of nitrogens with one attached hydrogen (secondary N) is 2. The van der Waals surface area contributed by atoms with Crippen LogP contribution >= 0.6 is 11.8 Å². The van der Waals surface area contributed by atoms with Crippen LogP contribution in [0.2, 0.25) is 0 Å². The first kappa shape index (κ1) is 12.3. The number of anilines is 2. The smallest absolute Gasteiger partial charge is 0.276 e. The summed E-state index contributed by atoms with van der Waals surface area (Å²) in [7, 11) is 0. The van der Waals surface area contributed by atoms with E-state index in [-0.39, 0.29) is 11.2 Å². The van der Waals surface area contributed by atoms with E-state index in [1.165, 1.54) is 17.8 Å². The van der Waals surface area contributed by atoms with Crippen LogP contribution in [0.5, 0.6) is 0 Å². The number of nitrogen functional groups attached to an aromatic ring is 1. The van der Waals surface area contributed by atoms with Gasteiger partial charge in [0.05, 0.1) is 6.33 Å². The van der Waals surface area contributed by atoms with Crippen molar-refractivity contribution in [3.05, 3.63) is 16.7 Å². The van der Waals surface area contributed by atoms with Crippen molar-refractivity contribution >= 4 is 23.3 Å². The number of aromatic amines is 1. The van der Waals surface area contributed by atoms with Gasteiger partial charge in [0.1, 0.15) is 5.69 Å². The van der Waals surface area contributed by atoms with E-state index in [0.717, 1.165) is 26.2 Å². The molecule has 0 radical (unpaired) electrons. The molecule has 94 valence electrons. The lowest BCUT2D eigenvalue weighted by atomic mass is 10.4. The molecule has 0 bridgehead atoms. The number of nitrogens with two attached hydrogens (primary N) is 1. The minimum absolute atomic E-state index is 0.154. The molecule has 0 spiro atoms. The third kappa shape index (κ3) is 3.37. The number of H-pyrrole nitrogens is 1. The summed E-state index contributed by atoms with van der Waals surface area (Å²) < 4.78 is 0. The minimum atomic E-state index is -0.295. The van der Waals surface area contributed by atoms with Crippen molar-refractivity contribution in [3.8, 4) is 0 Å². The molecule has 0 unspecified atom stereocenters. The number of hydrogen-bond donors (Lipinski definition) is 3. The Kier molecular flexibility index (Phi) is 4.27. The molecule has 1 aliphatic heterocycles. The highest BCUT2D eigenvalue weighted by atomic mass is 32.2. The SMILES string of the molecule is Nc1c(NCCN2CCSCC2)nc[nH]c1=O. The van der Waals surface area contributed by atoms with Gasteiger partial charge < -0.3 is 16.0 Å². The first-order valence-corrected chi connectivity index (χ1v) is 6.80. The van der Waals surface area contributed by atoms with Crippen LogP contribution in [0.3, 0.4) is 0 Å². The van der Waals surface area contributed by atoms with E-state index in [1.54, 1.807) is 0 Å². The number of thioether (sulfide) groups is 1. The molecular weight excluding hydrogens is 238 g/mol. The molecule has 2 heterocycles. The number of nitrogens with zero attached hydrogens (tertiary/aromatic N) is 2. The fourth-order valence-corrected chi connectivity index (χ4v) is 2.69. The Morgan fingerprint density at radius 2 is 2.29 bits per heavy atom. The molecule has 2 rings (SSSR count). The Balaban J connectivity index is 1.81. The van der Waals surface area contributed by atoms with Gasteiger partial charge >= 0.3 is 0 Å². The van der Waals surface area contributed by atoms with Crippen molar-refractivity contribution in [2.24, 2.45) is 0 Å². The second-order valence-electron chi connectivity index (χ2n) is 3.87. The van der Waals surface area contributed by atoms with E-state index in [9.17, 15) is 4.79 Å². The highest BCUT2D eigenvalue weighted by Crippen LogP contribution is 2.09. The van der Waals surface area contributed by atoms with Gasteiger partial charge in [-0.2, -0.15) is 11.8 Å². The zero-order valence-corrected chi connectivity index (χ0v) is 10.4. The van der Waals surface area contributed by atoms with Gasteiger partial charge in [-0.1, -0.05) is 0 Å². The average molecular weight is 255 g/mol. The molecule has 0 saturated carbocycles. The number of hydrogen-bond acceptors (Lipinski definition) is 6. The van der Waals surface area contributed by atoms with Crippen molar-refractivity contribution in [1.29, 1.82) is 0 Å². The zero-order valence-electron chi connectivity index (χ0n) is 9.61. The first-order valence-electron chi connectivity index (χ1n) is 5.64. The second kappa shape index (κ2) is 5.92. The van der Waals surface area contributed by atoms with Crippen molar-refractivity contribution in [2.75, 3.05) is 48.7 Å². The van der Waals surface area contributed by atoms with Gasteiger partial charge in [0.15, 0.2) is 5.82 Å². The lowest BCUT2D eigenvalue weighted by molar-refractivity contribution is 0.314. The molecule has 1 aromatic heterocycles. The van der Waals surface area contributed by atoms with Gasteiger partial charge in [-0.15, -0.1) is 0 Å². The largest absolute Gasteiger partial charge is 0.391 e. The summed E-state index contributed by atoms with van der Waals surface area (Å²) in [5.41, 5.74) is 5.48. The van der Waals surface area contributed by atoms with Crippen molar-refractivity contribution < 1.29 is 0 Å². The Hall–Kier alpha value is -1.21. The number of aromatic nitrogens is 2. The summed E-state index contributed by atoms with van der Waals surface area (Å²) in [6.07, 6.45) is 1.36. The van der Waals surface area contributed by atoms with Gasteiger partial charge in [-0.05, 0) is 0 Å². The van der Waals surface area contributed by atoms with Crippen LogP contribution in [0.25, 0.3) is 0 Å². The van der Waals surface area contributed by atoms with Gasteiger partial charge in [0, 0.05) is 37.7 Å². The van der Waals surface area contributed by atoms with Crippen LogP contribution in [0, 0.1) is 0 Å². The molecule has 1 fully saturated rings. The second-order valence-corrected chi connectivity index (χ2v) is 5.10. The molecule has 1 aliphatic rings. The summed E-state index contributed by atoms with van der Waals surface area (Å²) in [5.74, 6) is 2.87. The predicted octanol–water partition coefficient (Wildman–Crippen LogP) is -0.187. The molecule has 7 heteroatoms. The van der Waals surface area contributed by atoms with E-state index < -0.39 is 0 Å². The van der Waals surface area contributed by atoms with Crippen molar-refractivity contribution in [3.63, 3.8) is 0 Å². The van der Waals surface area contributed by atoms with Crippen LogP contribution in [-0.4, -0.2) is 52.6 Å². The van der Waals surface area contributed by atoms with E-state index in [4.69, 9.17) is 5.73 Å². The van der Waals surface area contributed by atoms with Gasteiger partial charge in [-0.25, -0.2) is 4.98 Å². The lowest BCUT2D eigenvalue weighted by Gasteiger charge is -2.26. The summed E-state index contributed by atoms with van der Waals surface area (Å²) in [6.45, 7) is 3.97. The minimum Gasteiger partial charge on any atom is -0.391 e. The van der Waals surface area contributed by atoms with Crippen molar-refractivity contribution in [1.82, 2.24) is 14.9 Å². The number of rotatable bonds is 4. The third-order valence-electron chi connectivity index (χ3n) is 2.71. The highest BCUT2D eigenvalue weighted by molar-refractivity contribution is 7.99. The maximum Gasteiger partial charge on any atom is 0.276 e. The van der Waals surface area contributed by atoms with Gasteiger partial charge in [0.25, 0.3) is 5.56 Å². The zero-order chi connectivity index (χ0) is 12.1. The van der Waals surface area contributed by atoms with Crippen LogP contribution in [0.4, 0.5) is 11.5 Å². The van der Waals surface area contributed by atoms with Crippen LogP contribution < -0.4 is 16.6 Å². The Labute approximate surface area is 104 Å². The standard InChI is InChI=1S/C10H17N5OS/c11-8-9(13-7-14-10(8)16)12-1-2-15-3-5-17-6-4-15/h7H,1-6,11H2,(H2,12,13,14,16). The van der Waals surface area contributed by atoms with Gasteiger partial charge in [-0.3, -0.25) is 9.69 Å². The Bertz CT molecular complexity index is 415. The topological polar surface area (TPSA) is 87.0 Å². The molecule has 1 aromatic rings. The van der Waals surface area contributed by atoms with E-state index in [2.05, 4.69) is 20.2 Å².